The Kier molecular flexibility index (Phi) is 4.22. The quantitative estimate of drug-likeness (QED) is 0.928. The monoisotopic (exact) mass is 343 g/mol. The lowest BCUT2D eigenvalue weighted by atomic mass is 9.90. The van der Waals surface area contributed by atoms with Gasteiger partial charge in [-0.25, -0.2) is 8.42 Å². The van der Waals surface area contributed by atoms with Crippen LogP contribution in [0.2, 0.25) is 0 Å². The van der Waals surface area contributed by atoms with Gasteiger partial charge in [-0.2, -0.15) is 0 Å². The van der Waals surface area contributed by atoms with Crippen molar-refractivity contribution >= 4 is 21.5 Å². The number of hydrogen-bond acceptors (Lipinski definition) is 3. The van der Waals surface area contributed by atoms with E-state index in [1.54, 1.807) is 19.1 Å². The molecule has 0 amide bonds. The predicted octanol–water partition coefficient (Wildman–Crippen LogP) is 3.47. The Hall–Kier alpha value is -2.14. The number of ketones is 1. The number of nitrogens with one attached hydrogen (secondary N) is 1. The molecule has 24 heavy (non-hydrogen) atoms. The molecule has 0 fully saturated rings. The average Bonchev–Trinajstić information content (AvgIpc) is 2.49. The number of benzene rings is 2. The van der Waals surface area contributed by atoms with Crippen LogP contribution >= 0.6 is 0 Å². The van der Waals surface area contributed by atoms with Crippen molar-refractivity contribution in [3.63, 3.8) is 0 Å². The molecule has 0 bridgehead atoms. The third-order valence-electron chi connectivity index (χ3n) is 4.61. The van der Waals surface area contributed by atoms with Crippen LogP contribution < -0.4 is 4.72 Å². The Bertz CT molecular complexity index is 930. The molecule has 0 aliphatic heterocycles. The van der Waals surface area contributed by atoms with Gasteiger partial charge in [0.2, 0.25) is 0 Å². The summed E-state index contributed by atoms with van der Waals surface area (Å²) in [4.78, 5) is 11.9. The van der Waals surface area contributed by atoms with E-state index in [0.717, 1.165) is 22.3 Å². The summed E-state index contributed by atoms with van der Waals surface area (Å²) in [6, 6.07) is 9.06. The minimum absolute atomic E-state index is 0.214. The number of Topliss-reactive ketones (excluding diaryl/α,β-unsaturated/α-hetero) is 1. The summed E-state index contributed by atoms with van der Waals surface area (Å²) < 4.78 is 28.2. The van der Waals surface area contributed by atoms with E-state index in [4.69, 9.17) is 0 Å². The molecule has 0 heterocycles. The fourth-order valence-electron chi connectivity index (χ4n) is 3.07. The third kappa shape index (κ3) is 3.22. The Balaban J connectivity index is 1.97. The summed E-state index contributed by atoms with van der Waals surface area (Å²) in [7, 11) is -3.66. The summed E-state index contributed by atoms with van der Waals surface area (Å²) in [5, 5.41) is 0. The molecule has 1 aliphatic rings. The fourth-order valence-corrected chi connectivity index (χ4v) is 4.39. The summed E-state index contributed by atoms with van der Waals surface area (Å²) in [6.45, 7) is 5.71. The number of sulfonamides is 1. The second kappa shape index (κ2) is 6.06. The first-order valence-electron chi connectivity index (χ1n) is 8.00. The molecule has 1 N–H and O–H groups in total. The van der Waals surface area contributed by atoms with Crippen molar-refractivity contribution in [3.8, 4) is 0 Å². The van der Waals surface area contributed by atoms with Crippen LogP contribution in [0, 0.1) is 20.8 Å². The molecule has 0 spiro atoms. The summed E-state index contributed by atoms with van der Waals surface area (Å²) >= 11 is 0. The molecule has 0 atom stereocenters. The van der Waals surface area contributed by atoms with Gasteiger partial charge in [0.05, 0.1) is 4.90 Å². The van der Waals surface area contributed by atoms with E-state index in [-0.39, 0.29) is 10.7 Å². The lowest BCUT2D eigenvalue weighted by molar-refractivity contribution is -0.118. The molecule has 126 valence electrons. The van der Waals surface area contributed by atoms with Crippen LogP contribution in [0.25, 0.3) is 0 Å². The highest BCUT2D eigenvalue weighted by atomic mass is 32.2. The van der Waals surface area contributed by atoms with Crippen LogP contribution in [0.15, 0.2) is 35.2 Å². The van der Waals surface area contributed by atoms with E-state index in [9.17, 15) is 13.2 Å². The first-order valence-corrected chi connectivity index (χ1v) is 9.49. The smallest absolute Gasteiger partial charge is 0.262 e. The van der Waals surface area contributed by atoms with Crippen molar-refractivity contribution in [2.75, 3.05) is 4.72 Å². The lowest BCUT2D eigenvalue weighted by Gasteiger charge is -2.18. The second-order valence-electron chi connectivity index (χ2n) is 6.51. The highest BCUT2D eigenvalue weighted by Gasteiger charge is 2.23. The van der Waals surface area contributed by atoms with Crippen LogP contribution in [-0.2, 0) is 27.7 Å². The molecule has 4 nitrogen and oxygen atoms in total. The van der Waals surface area contributed by atoms with Crippen molar-refractivity contribution < 1.29 is 13.2 Å². The maximum atomic E-state index is 12.8. The fraction of sp³-hybridized carbons (Fsp3) is 0.316. The molecule has 0 radical (unpaired) electrons. The highest BCUT2D eigenvalue weighted by Crippen LogP contribution is 2.27. The van der Waals surface area contributed by atoms with Gasteiger partial charge in [0.1, 0.15) is 5.78 Å². The maximum Gasteiger partial charge on any atom is 0.262 e. The largest absolute Gasteiger partial charge is 0.299 e. The van der Waals surface area contributed by atoms with E-state index >= 15 is 0 Å². The Morgan fingerprint density at radius 1 is 0.875 bits per heavy atom. The number of carbonyl (C=O) groups excluding carboxylic acids is 1. The number of rotatable bonds is 3. The van der Waals surface area contributed by atoms with Crippen molar-refractivity contribution in [1.29, 1.82) is 0 Å². The zero-order valence-electron chi connectivity index (χ0n) is 14.1. The van der Waals surface area contributed by atoms with E-state index in [0.29, 0.717) is 30.5 Å². The molecule has 5 heteroatoms. The van der Waals surface area contributed by atoms with E-state index in [1.807, 2.05) is 32.0 Å². The molecular formula is C19H21NO3S. The van der Waals surface area contributed by atoms with Gasteiger partial charge in [0.15, 0.2) is 0 Å². The van der Waals surface area contributed by atoms with Gasteiger partial charge in [0.25, 0.3) is 10.0 Å². The van der Waals surface area contributed by atoms with E-state index in [1.165, 1.54) is 0 Å². The van der Waals surface area contributed by atoms with Crippen molar-refractivity contribution in [3.05, 3.63) is 58.1 Å². The number of anilines is 1. The number of carbonyl (C=O) groups is 1. The van der Waals surface area contributed by atoms with Gasteiger partial charge >= 0.3 is 0 Å². The Morgan fingerprint density at radius 3 is 2.33 bits per heavy atom. The van der Waals surface area contributed by atoms with E-state index in [2.05, 4.69) is 4.72 Å². The Labute approximate surface area is 143 Å². The van der Waals surface area contributed by atoms with Crippen LogP contribution in [0.3, 0.4) is 0 Å². The standard InChI is InChI=1S/C19H21NO3S/c1-12-4-6-17(9-13(12)2)20-24(22,23)19-11-15-5-7-18(21)10-16(15)8-14(19)3/h4,6,8-9,11,20H,5,7,10H2,1-3H3. The Morgan fingerprint density at radius 2 is 1.62 bits per heavy atom. The van der Waals surface area contributed by atoms with Crippen molar-refractivity contribution in [2.24, 2.45) is 0 Å². The van der Waals surface area contributed by atoms with Crippen molar-refractivity contribution in [2.45, 2.75) is 44.9 Å². The number of hydrogen-bond donors (Lipinski definition) is 1. The van der Waals surface area contributed by atoms with Crippen LogP contribution in [-0.4, -0.2) is 14.2 Å². The molecule has 0 unspecified atom stereocenters. The van der Waals surface area contributed by atoms with E-state index < -0.39 is 10.0 Å². The summed E-state index contributed by atoms with van der Waals surface area (Å²) in [5.41, 5.74) is 5.29. The minimum atomic E-state index is -3.66. The van der Waals surface area contributed by atoms with Crippen molar-refractivity contribution in [1.82, 2.24) is 0 Å². The number of aryl methyl sites for hydroxylation is 4. The lowest BCUT2D eigenvalue weighted by Crippen LogP contribution is -2.18. The molecule has 1 aliphatic carbocycles. The number of fused-ring (bicyclic) bond motifs is 1. The first-order chi connectivity index (χ1) is 11.3. The predicted molar refractivity (Wildman–Crippen MR) is 94.9 cm³/mol. The SMILES string of the molecule is Cc1ccc(NS(=O)(=O)c2cc3c(cc2C)CC(=O)CC3)cc1C. The molecule has 0 saturated carbocycles. The molecule has 2 aromatic rings. The van der Waals surface area contributed by atoms with Gasteiger partial charge in [-0.15, -0.1) is 0 Å². The zero-order chi connectivity index (χ0) is 17.5. The van der Waals surface area contributed by atoms with Gasteiger partial charge in [-0.05, 0) is 73.2 Å². The van der Waals surface area contributed by atoms with Crippen LogP contribution in [0.5, 0.6) is 0 Å². The zero-order valence-corrected chi connectivity index (χ0v) is 15.0. The summed E-state index contributed by atoms with van der Waals surface area (Å²) in [6.07, 6.45) is 1.50. The summed E-state index contributed by atoms with van der Waals surface area (Å²) in [5.74, 6) is 0.214. The van der Waals surface area contributed by atoms with Gasteiger partial charge in [-0.3, -0.25) is 9.52 Å². The topological polar surface area (TPSA) is 63.2 Å². The van der Waals surface area contributed by atoms with Crippen LogP contribution in [0.4, 0.5) is 5.69 Å². The second-order valence-corrected chi connectivity index (χ2v) is 8.16. The third-order valence-corrected chi connectivity index (χ3v) is 6.13. The maximum absolute atomic E-state index is 12.8. The molecule has 2 aromatic carbocycles. The molecule has 3 rings (SSSR count). The molecular weight excluding hydrogens is 322 g/mol. The van der Waals surface area contributed by atoms with Crippen LogP contribution in [0.1, 0.15) is 34.2 Å². The highest BCUT2D eigenvalue weighted by molar-refractivity contribution is 7.92. The molecule has 0 aromatic heterocycles. The van der Waals surface area contributed by atoms with Gasteiger partial charge in [0, 0.05) is 18.5 Å². The molecule has 0 saturated heterocycles. The first kappa shape index (κ1) is 16.7. The van der Waals surface area contributed by atoms with Gasteiger partial charge in [-0.1, -0.05) is 12.1 Å². The van der Waals surface area contributed by atoms with Gasteiger partial charge < -0.3 is 0 Å². The normalized spacial score (nSPS) is 14.4. The average molecular weight is 343 g/mol. The minimum Gasteiger partial charge on any atom is -0.299 e.